The summed E-state index contributed by atoms with van der Waals surface area (Å²) < 4.78 is 27.1. The summed E-state index contributed by atoms with van der Waals surface area (Å²) in [6.07, 6.45) is 4.52. The van der Waals surface area contributed by atoms with Crippen molar-refractivity contribution in [1.29, 1.82) is 0 Å². The third-order valence-corrected chi connectivity index (χ3v) is 7.79. The highest BCUT2D eigenvalue weighted by molar-refractivity contribution is 5.94. The lowest BCUT2D eigenvalue weighted by Crippen LogP contribution is -2.34. The fourth-order valence-electron chi connectivity index (χ4n) is 6.14. The Morgan fingerprint density at radius 3 is 2.11 bits per heavy atom. The molecule has 0 aromatic heterocycles. The maximum Gasteiger partial charge on any atom is 0.305 e. The molecule has 0 saturated heterocycles. The quantitative estimate of drug-likeness (QED) is 0.444. The molecule has 0 aliphatic heterocycles. The Morgan fingerprint density at radius 2 is 1.54 bits per heavy atom. The number of halogens is 2. The maximum absolute atomic E-state index is 13.7. The van der Waals surface area contributed by atoms with Gasteiger partial charge >= 0.3 is 5.97 Å². The second kappa shape index (κ2) is 9.25. The zero-order chi connectivity index (χ0) is 24.6. The minimum absolute atomic E-state index is 0.0912. The van der Waals surface area contributed by atoms with E-state index in [2.05, 4.69) is 17.4 Å². The molecule has 3 aromatic carbocycles. The lowest BCUT2D eigenvalue weighted by Gasteiger charge is -2.39. The molecule has 2 bridgehead atoms. The summed E-state index contributed by atoms with van der Waals surface area (Å²) in [5, 5.41) is 11.4. The zero-order valence-electron chi connectivity index (χ0n) is 19.3. The number of amides is 1. The third-order valence-electron chi connectivity index (χ3n) is 7.79. The van der Waals surface area contributed by atoms with Gasteiger partial charge in [0.15, 0.2) is 11.6 Å². The highest BCUT2D eigenvalue weighted by atomic mass is 19.2. The van der Waals surface area contributed by atoms with Gasteiger partial charge in [0, 0.05) is 17.5 Å². The van der Waals surface area contributed by atoms with Crippen LogP contribution in [-0.2, 0) is 10.2 Å². The third kappa shape index (κ3) is 4.33. The molecule has 180 valence electrons. The molecule has 2 N–H and O–H groups in total. The standard InChI is InChI=1S/C29H27F2NO3/c30-25-12-6-21(16-26(25)31)19-2-8-22(9-3-19)29(17-18-1-7-24(29)15-18)23-10-4-20(5-11-23)28(35)32-14-13-27(33)34/h2-6,8-12,16,18,24H,1,7,13-15,17H2,(H,32,35)(H,33,34). The van der Waals surface area contributed by atoms with Gasteiger partial charge in [-0.05, 0) is 77.6 Å². The minimum atomic E-state index is -0.950. The number of carboxylic acids is 1. The lowest BCUT2D eigenvalue weighted by molar-refractivity contribution is -0.136. The number of carbonyl (C=O) groups is 2. The van der Waals surface area contributed by atoms with E-state index in [1.807, 2.05) is 36.4 Å². The SMILES string of the molecule is O=C(O)CCNC(=O)c1ccc(C2(c3ccc(-c4ccc(F)c(F)c4)cc3)CC3CCC2C3)cc1. The molecule has 0 radical (unpaired) electrons. The molecule has 2 aliphatic carbocycles. The van der Waals surface area contributed by atoms with E-state index >= 15 is 0 Å². The van der Waals surface area contributed by atoms with E-state index in [1.165, 1.54) is 30.0 Å². The van der Waals surface area contributed by atoms with Gasteiger partial charge < -0.3 is 10.4 Å². The van der Waals surface area contributed by atoms with Gasteiger partial charge in [-0.25, -0.2) is 8.78 Å². The maximum atomic E-state index is 13.7. The highest BCUT2D eigenvalue weighted by Crippen LogP contribution is 2.60. The summed E-state index contributed by atoms with van der Waals surface area (Å²) in [6, 6.07) is 19.8. The number of hydrogen-bond acceptors (Lipinski definition) is 2. The van der Waals surface area contributed by atoms with Crippen molar-refractivity contribution >= 4 is 11.9 Å². The van der Waals surface area contributed by atoms with Crippen molar-refractivity contribution in [2.75, 3.05) is 6.54 Å². The largest absolute Gasteiger partial charge is 0.481 e. The molecule has 1 amide bonds. The Balaban J connectivity index is 1.43. The predicted octanol–water partition coefficient (Wildman–Crippen LogP) is 5.94. The number of aliphatic carboxylic acids is 1. The molecular weight excluding hydrogens is 448 g/mol. The first-order valence-electron chi connectivity index (χ1n) is 12.0. The highest BCUT2D eigenvalue weighted by Gasteiger charge is 2.52. The number of carbonyl (C=O) groups excluding carboxylic acids is 1. The van der Waals surface area contributed by atoms with Gasteiger partial charge in [0.2, 0.25) is 0 Å². The number of fused-ring (bicyclic) bond motifs is 2. The number of benzene rings is 3. The molecule has 35 heavy (non-hydrogen) atoms. The average molecular weight is 476 g/mol. The van der Waals surface area contributed by atoms with Gasteiger partial charge in [-0.2, -0.15) is 0 Å². The molecule has 0 heterocycles. The van der Waals surface area contributed by atoms with Crippen LogP contribution in [0.3, 0.4) is 0 Å². The number of rotatable bonds is 7. The summed E-state index contributed by atoms with van der Waals surface area (Å²) >= 11 is 0. The second-order valence-electron chi connectivity index (χ2n) is 9.73. The van der Waals surface area contributed by atoms with E-state index in [-0.39, 0.29) is 24.3 Å². The molecule has 2 aliphatic rings. The van der Waals surface area contributed by atoms with Crippen LogP contribution in [0.2, 0.25) is 0 Å². The van der Waals surface area contributed by atoms with Crippen molar-refractivity contribution in [3.63, 3.8) is 0 Å². The van der Waals surface area contributed by atoms with E-state index in [9.17, 15) is 18.4 Å². The smallest absolute Gasteiger partial charge is 0.305 e. The van der Waals surface area contributed by atoms with Crippen LogP contribution in [0.15, 0.2) is 66.7 Å². The molecule has 3 atom stereocenters. The van der Waals surface area contributed by atoms with E-state index < -0.39 is 17.6 Å². The summed E-state index contributed by atoms with van der Waals surface area (Å²) in [7, 11) is 0. The van der Waals surface area contributed by atoms with E-state index in [0.29, 0.717) is 23.0 Å². The van der Waals surface area contributed by atoms with Gasteiger partial charge in [-0.1, -0.05) is 48.9 Å². The van der Waals surface area contributed by atoms with Crippen LogP contribution in [0.4, 0.5) is 8.78 Å². The summed E-state index contributed by atoms with van der Waals surface area (Å²) in [4.78, 5) is 23.1. The second-order valence-corrected chi connectivity index (χ2v) is 9.73. The molecule has 6 heteroatoms. The van der Waals surface area contributed by atoms with Crippen LogP contribution >= 0.6 is 0 Å². The van der Waals surface area contributed by atoms with Crippen LogP contribution in [-0.4, -0.2) is 23.5 Å². The Morgan fingerprint density at radius 1 is 0.886 bits per heavy atom. The first-order chi connectivity index (χ1) is 16.9. The van der Waals surface area contributed by atoms with Crippen LogP contribution in [0.5, 0.6) is 0 Å². The van der Waals surface area contributed by atoms with Gasteiger partial charge in [0.25, 0.3) is 5.91 Å². The van der Waals surface area contributed by atoms with Crippen LogP contribution in [0.25, 0.3) is 11.1 Å². The first-order valence-corrected chi connectivity index (χ1v) is 12.0. The topological polar surface area (TPSA) is 66.4 Å². The fourth-order valence-corrected chi connectivity index (χ4v) is 6.14. The Hall–Kier alpha value is -3.54. The number of nitrogens with one attached hydrogen (secondary N) is 1. The van der Waals surface area contributed by atoms with Crippen molar-refractivity contribution in [2.24, 2.45) is 11.8 Å². The van der Waals surface area contributed by atoms with Crippen LogP contribution < -0.4 is 5.32 Å². The van der Waals surface area contributed by atoms with Crippen molar-refractivity contribution < 1.29 is 23.5 Å². The lowest BCUT2D eigenvalue weighted by atomic mass is 9.64. The van der Waals surface area contributed by atoms with E-state index in [4.69, 9.17) is 5.11 Å². The molecular formula is C29H27F2NO3. The monoisotopic (exact) mass is 475 g/mol. The van der Waals surface area contributed by atoms with Crippen LogP contribution in [0.1, 0.15) is 53.6 Å². The first kappa shape index (κ1) is 23.2. The van der Waals surface area contributed by atoms with Crippen molar-refractivity contribution in [3.05, 3.63) is 95.1 Å². The molecule has 5 rings (SSSR count). The van der Waals surface area contributed by atoms with E-state index in [1.54, 1.807) is 6.07 Å². The molecule has 2 fully saturated rings. The Labute approximate surface area is 203 Å². The number of hydrogen-bond donors (Lipinski definition) is 2. The van der Waals surface area contributed by atoms with Crippen molar-refractivity contribution in [3.8, 4) is 11.1 Å². The van der Waals surface area contributed by atoms with Gasteiger partial charge in [0.1, 0.15) is 0 Å². The summed E-state index contributed by atoms with van der Waals surface area (Å²) in [5.74, 6) is -1.76. The van der Waals surface area contributed by atoms with E-state index in [0.717, 1.165) is 24.5 Å². The molecule has 4 nitrogen and oxygen atoms in total. The predicted molar refractivity (Wildman–Crippen MR) is 129 cm³/mol. The van der Waals surface area contributed by atoms with Crippen molar-refractivity contribution in [2.45, 2.75) is 37.5 Å². The molecule has 3 aromatic rings. The van der Waals surface area contributed by atoms with Crippen molar-refractivity contribution in [1.82, 2.24) is 5.32 Å². The fraction of sp³-hybridized carbons (Fsp3) is 0.310. The summed E-state index contributed by atoms with van der Waals surface area (Å²) in [5.41, 5.74) is 4.21. The Bertz CT molecular complexity index is 1260. The molecule has 2 saturated carbocycles. The summed E-state index contributed by atoms with van der Waals surface area (Å²) in [6.45, 7) is 0.0912. The van der Waals surface area contributed by atoms with Gasteiger partial charge in [-0.3, -0.25) is 9.59 Å². The van der Waals surface area contributed by atoms with Gasteiger partial charge in [-0.15, -0.1) is 0 Å². The van der Waals surface area contributed by atoms with Crippen LogP contribution in [0, 0.1) is 23.5 Å². The normalized spacial score (nSPS) is 22.8. The number of carboxylic acid groups (broad SMARTS) is 1. The Kier molecular flexibility index (Phi) is 6.13. The minimum Gasteiger partial charge on any atom is -0.481 e. The van der Waals surface area contributed by atoms with Gasteiger partial charge in [0.05, 0.1) is 6.42 Å². The average Bonchev–Trinajstić information content (AvgIpc) is 3.48. The zero-order valence-corrected chi connectivity index (χ0v) is 19.3. The molecule has 0 spiro atoms. The molecule has 3 unspecified atom stereocenters.